The molecule has 0 aromatic heterocycles. The van der Waals surface area contributed by atoms with Gasteiger partial charge >= 0.3 is 5.97 Å². The second-order valence-corrected chi connectivity index (χ2v) is 7.48. The topological polar surface area (TPSA) is 94.8 Å². The Balaban J connectivity index is 1.92. The van der Waals surface area contributed by atoms with Gasteiger partial charge in [-0.05, 0) is 57.1 Å². The number of rotatable bonds is 8. The molecule has 31 heavy (non-hydrogen) atoms. The standard InChI is InChI=1S/C23H26FN3O4/c1-3-30-18-12-19(21(24)20(13-18)31-17-8-10-27(2)11-9-17)22(23(28)29)26-16-6-4-15(14-25)5-7-16/h4-7,12-13,17,22,26H,3,8-11H2,1-2H3,(H,28,29). The third-order valence-corrected chi connectivity index (χ3v) is 5.19. The highest BCUT2D eigenvalue weighted by atomic mass is 19.1. The van der Waals surface area contributed by atoms with Crippen LogP contribution in [0.15, 0.2) is 36.4 Å². The smallest absolute Gasteiger partial charge is 0.330 e. The van der Waals surface area contributed by atoms with Crippen molar-refractivity contribution >= 4 is 11.7 Å². The summed E-state index contributed by atoms with van der Waals surface area (Å²) in [5.74, 6) is -1.64. The molecule has 1 fully saturated rings. The van der Waals surface area contributed by atoms with Crippen LogP contribution in [0.2, 0.25) is 0 Å². The lowest BCUT2D eigenvalue weighted by molar-refractivity contribution is -0.138. The third kappa shape index (κ3) is 5.64. The molecule has 2 aromatic rings. The number of likely N-dealkylation sites (tertiary alicyclic amines) is 1. The summed E-state index contributed by atoms with van der Waals surface area (Å²) < 4.78 is 26.9. The zero-order valence-corrected chi connectivity index (χ0v) is 17.6. The van der Waals surface area contributed by atoms with Gasteiger partial charge in [0.1, 0.15) is 11.9 Å². The van der Waals surface area contributed by atoms with Gasteiger partial charge < -0.3 is 24.8 Å². The highest BCUT2D eigenvalue weighted by Crippen LogP contribution is 2.34. The summed E-state index contributed by atoms with van der Waals surface area (Å²) in [6.45, 7) is 3.84. The molecule has 8 heteroatoms. The molecule has 0 spiro atoms. The van der Waals surface area contributed by atoms with Crippen molar-refractivity contribution in [1.82, 2.24) is 4.90 Å². The Morgan fingerprint density at radius 3 is 2.58 bits per heavy atom. The minimum Gasteiger partial charge on any atom is -0.494 e. The SMILES string of the molecule is CCOc1cc(OC2CCN(C)CC2)c(F)c(C(Nc2ccc(C#N)cc2)C(=O)O)c1. The van der Waals surface area contributed by atoms with E-state index < -0.39 is 17.8 Å². The van der Waals surface area contributed by atoms with Crippen molar-refractivity contribution in [3.05, 3.63) is 53.3 Å². The van der Waals surface area contributed by atoms with Crippen LogP contribution in [-0.2, 0) is 4.79 Å². The molecule has 1 aliphatic heterocycles. The van der Waals surface area contributed by atoms with Crippen molar-refractivity contribution in [2.24, 2.45) is 0 Å². The minimum absolute atomic E-state index is 0.0108. The fraction of sp³-hybridized carbons (Fsp3) is 0.391. The lowest BCUT2D eigenvalue weighted by atomic mass is 10.0. The van der Waals surface area contributed by atoms with Gasteiger partial charge in [0.05, 0.1) is 18.2 Å². The molecule has 1 atom stereocenters. The Hall–Kier alpha value is -3.31. The number of nitrogens with zero attached hydrogens (tertiary/aromatic N) is 2. The Kier molecular flexibility index (Phi) is 7.32. The largest absolute Gasteiger partial charge is 0.494 e. The second kappa shape index (κ2) is 10.1. The van der Waals surface area contributed by atoms with Gasteiger partial charge in [-0.1, -0.05) is 0 Å². The first-order chi connectivity index (χ1) is 14.9. The van der Waals surface area contributed by atoms with E-state index in [2.05, 4.69) is 10.2 Å². The van der Waals surface area contributed by atoms with Crippen LogP contribution >= 0.6 is 0 Å². The van der Waals surface area contributed by atoms with Gasteiger partial charge in [-0.2, -0.15) is 5.26 Å². The quantitative estimate of drug-likeness (QED) is 0.662. The van der Waals surface area contributed by atoms with E-state index in [0.29, 0.717) is 23.6 Å². The molecule has 1 heterocycles. The number of piperidine rings is 1. The molecule has 0 radical (unpaired) electrons. The lowest BCUT2D eigenvalue weighted by Crippen LogP contribution is -2.35. The van der Waals surface area contributed by atoms with Crippen LogP contribution in [0.3, 0.4) is 0 Å². The average molecular weight is 427 g/mol. The Labute approximate surface area is 181 Å². The van der Waals surface area contributed by atoms with Gasteiger partial charge in [0.2, 0.25) is 0 Å². The zero-order valence-electron chi connectivity index (χ0n) is 17.6. The van der Waals surface area contributed by atoms with Crippen LogP contribution < -0.4 is 14.8 Å². The maximum Gasteiger partial charge on any atom is 0.330 e. The number of carboxylic acid groups (broad SMARTS) is 1. The molecular formula is C23H26FN3O4. The van der Waals surface area contributed by atoms with E-state index in [0.717, 1.165) is 25.9 Å². The van der Waals surface area contributed by atoms with Crippen molar-refractivity contribution in [1.29, 1.82) is 5.26 Å². The molecule has 3 rings (SSSR count). The summed E-state index contributed by atoms with van der Waals surface area (Å²) in [6.07, 6.45) is 1.37. The summed E-state index contributed by atoms with van der Waals surface area (Å²) in [7, 11) is 2.02. The number of nitrogens with one attached hydrogen (secondary N) is 1. The number of benzene rings is 2. The maximum absolute atomic E-state index is 15.4. The number of hydrogen-bond donors (Lipinski definition) is 2. The van der Waals surface area contributed by atoms with Crippen molar-refractivity contribution in [2.45, 2.75) is 31.9 Å². The second-order valence-electron chi connectivity index (χ2n) is 7.48. The van der Waals surface area contributed by atoms with Gasteiger partial charge in [0, 0.05) is 30.4 Å². The predicted octanol–water partition coefficient (Wildman–Crippen LogP) is 3.81. The van der Waals surface area contributed by atoms with Gasteiger partial charge in [-0.15, -0.1) is 0 Å². The summed E-state index contributed by atoms with van der Waals surface area (Å²) in [6, 6.07) is 9.77. The average Bonchev–Trinajstić information content (AvgIpc) is 2.76. The highest BCUT2D eigenvalue weighted by molar-refractivity contribution is 5.80. The molecular weight excluding hydrogens is 401 g/mol. The van der Waals surface area contributed by atoms with Crippen LogP contribution in [0, 0.1) is 17.1 Å². The first-order valence-electron chi connectivity index (χ1n) is 10.2. The highest BCUT2D eigenvalue weighted by Gasteiger charge is 2.28. The molecule has 2 N–H and O–H groups in total. The van der Waals surface area contributed by atoms with Crippen LogP contribution in [-0.4, -0.2) is 48.8 Å². The molecule has 0 bridgehead atoms. The number of anilines is 1. The van der Waals surface area contributed by atoms with E-state index >= 15 is 4.39 Å². The van der Waals surface area contributed by atoms with Crippen molar-refractivity contribution in [3.63, 3.8) is 0 Å². The number of hydrogen-bond acceptors (Lipinski definition) is 6. The lowest BCUT2D eigenvalue weighted by Gasteiger charge is -2.30. The van der Waals surface area contributed by atoms with E-state index in [1.54, 1.807) is 31.2 Å². The normalized spacial score (nSPS) is 15.7. The summed E-state index contributed by atoms with van der Waals surface area (Å²) >= 11 is 0. The van der Waals surface area contributed by atoms with E-state index in [4.69, 9.17) is 14.7 Å². The molecule has 0 aliphatic carbocycles. The van der Waals surface area contributed by atoms with Gasteiger partial charge in [-0.3, -0.25) is 0 Å². The number of halogens is 1. The van der Waals surface area contributed by atoms with E-state index in [9.17, 15) is 9.90 Å². The molecule has 2 aromatic carbocycles. The van der Waals surface area contributed by atoms with Crippen LogP contribution in [0.4, 0.5) is 10.1 Å². The molecule has 0 amide bonds. The maximum atomic E-state index is 15.4. The molecule has 1 unspecified atom stereocenters. The van der Waals surface area contributed by atoms with Gasteiger partial charge in [0.15, 0.2) is 17.6 Å². The van der Waals surface area contributed by atoms with Gasteiger partial charge in [0.25, 0.3) is 0 Å². The fourth-order valence-corrected chi connectivity index (χ4v) is 3.50. The minimum atomic E-state index is -1.37. The first kappa shape index (κ1) is 22.4. The molecule has 1 saturated heterocycles. The number of ether oxygens (including phenoxy) is 2. The van der Waals surface area contributed by atoms with Crippen molar-refractivity contribution in [2.75, 3.05) is 32.1 Å². The van der Waals surface area contributed by atoms with Crippen molar-refractivity contribution in [3.8, 4) is 17.6 Å². The third-order valence-electron chi connectivity index (χ3n) is 5.19. The number of aliphatic carboxylic acids is 1. The summed E-state index contributed by atoms with van der Waals surface area (Å²) in [4.78, 5) is 14.2. The van der Waals surface area contributed by atoms with E-state index in [1.165, 1.54) is 12.1 Å². The number of nitriles is 1. The summed E-state index contributed by atoms with van der Waals surface area (Å²) in [5.41, 5.74) is 0.812. The molecule has 164 valence electrons. The molecule has 0 saturated carbocycles. The monoisotopic (exact) mass is 427 g/mol. The number of carbonyl (C=O) groups is 1. The predicted molar refractivity (Wildman–Crippen MR) is 114 cm³/mol. The number of carboxylic acids is 1. The van der Waals surface area contributed by atoms with Crippen LogP contribution in [0.5, 0.6) is 11.5 Å². The fourth-order valence-electron chi connectivity index (χ4n) is 3.50. The van der Waals surface area contributed by atoms with Crippen LogP contribution in [0.25, 0.3) is 0 Å². The van der Waals surface area contributed by atoms with Crippen molar-refractivity contribution < 1.29 is 23.8 Å². The van der Waals surface area contributed by atoms with E-state index in [-0.39, 0.29) is 17.4 Å². The van der Waals surface area contributed by atoms with Crippen LogP contribution in [0.1, 0.15) is 36.9 Å². The zero-order chi connectivity index (χ0) is 22.4. The Morgan fingerprint density at radius 1 is 1.32 bits per heavy atom. The first-order valence-corrected chi connectivity index (χ1v) is 10.2. The summed E-state index contributed by atoms with van der Waals surface area (Å²) in [5, 5.41) is 21.6. The molecule has 7 nitrogen and oxygen atoms in total. The van der Waals surface area contributed by atoms with Gasteiger partial charge in [-0.25, -0.2) is 9.18 Å². The Bertz CT molecular complexity index is 951. The molecule has 1 aliphatic rings. The Morgan fingerprint density at radius 2 is 2.00 bits per heavy atom. The van der Waals surface area contributed by atoms with E-state index in [1.807, 2.05) is 13.1 Å².